The Balaban J connectivity index is 1.77. The molecule has 3 rings (SSSR count). The van der Waals surface area contributed by atoms with Crippen LogP contribution >= 0.6 is 35.0 Å². The van der Waals surface area contributed by atoms with Crippen molar-refractivity contribution in [1.29, 1.82) is 0 Å². The lowest BCUT2D eigenvalue weighted by atomic mass is 9.78. The highest BCUT2D eigenvalue weighted by Gasteiger charge is 2.39. The Hall–Kier alpha value is -0.380. The van der Waals surface area contributed by atoms with Crippen LogP contribution in [0.2, 0.25) is 10.0 Å². The zero-order valence-electron chi connectivity index (χ0n) is 11.5. The van der Waals surface area contributed by atoms with Gasteiger partial charge in [-0.2, -0.15) is 0 Å². The highest BCUT2D eigenvalue weighted by molar-refractivity contribution is 8.14. The zero-order chi connectivity index (χ0) is 14.2. The first-order chi connectivity index (χ1) is 9.56. The summed E-state index contributed by atoms with van der Waals surface area (Å²) in [6, 6.07) is 5.45. The minimum atomic E-state index is 0.149. The Morgan fingerprint density at radius 3 is 3.05 bits per heavy atom. The lowest BCUT2D eigenvalue weighted by Gasteiger charge is -2.33. The summed E-state index contributed by atoms with van der Waals surface area (Å²) in [5.41, 5.74) is 0.988. The van der Waals surface area contributed by atoms with Gasteiger partial charge in [0, 0.05) is 10.8 Å². The smallest absolute Gasteiger partial charge is 0.161 e. The Kier molecular flexibility index (Phi) is 4.21. The Morgan fingerprint density at radius 1 is 1.40 bits per heavy atom. The number of benzene rings is 1. The van der Waals surface area contributed by atoms with Crippen LogP contribution in [-0.4, -0.2) is 16.5 Å². The predicted octanol–water partition coefficient (Wildman–Crippen LogP) is 5.46. The van der Waals surface area contributed by atoms with Gasteiger partial charge in [0.25, 0.3) is 0 Å². The van der Waals surface area contributed by atoms with E-state index in [4.69, 9.17) is 28.2 Å². The average molecular weight is 329 g/mol. The minimum absolute atomic E-state index is 0.149. The molecule has 0 aromatic heterocycles. The SMILES string of the molecule is CC1CCCC2(CSC(Nc3cc(Cl)ccc3Cl)=N2)C1. The molecule has 0 saturated heterocycles. The van der Waals surface area contributed by atoms with Crippen molar-refractivity contribution in [3.63, 3.8) is 0 Å². The molecule has 1 heterocycles. The number of hydrogen-bond donors (Lipinski definition) is 1. The number of hydrogen-bond acceptors (Lipinski definition) is 3. The molecule has 1 fully saturated rings. The predicted molar refractivity (Wildman–Crippen MR) is 90.3 cm³/mol. The Morgan fingerprint density at radius 2 is 2.25 bits per heavy atom. The van der Waals surface area contributed by atoms with Crippen LogP contribution in [-0.2, 0) is 0 Å². The molecule has 2 nitrogen and oxygen atoms in total. The summed E-state index contributed by atoms with van der Waals surface area (Å²) in [6.07, 6.45) is 5.04. The molecular weight excluding hydrogens is 311 g/mol. The Bertz CT molecular complexity index is 547. The first-order valence-electron chi connectivity index (χ1n) is 7.01. The molecule has 1 aromatic rings. The van der Waals surface area contributed by atoms with Crippen molar-refractivity contribution >= 4 is 45.8 Å². The first-order valence-corrected chi connectivity index (χ1v) is 8.75. The summed E-state index contributed by atoms with van der Waals surface area (Å²) in [6.45, 7) is 2.33. The summed E-state index contributed by atoms with van der Waals surface area (Å²) in [7, 11) is 0. The van der Waals surface area contributed by atoms with Gasteiger partial charge in [-0.3, -0.25) is 4.99 Å². The standard InChI is InChI=1S/C15H18Cl2N2S/c1-10-3-2-6-15(8-10)9-20-14(19-15)18-13-7-11(16)4-5-12(13)17/h4-5,7,10H,2-3,6,8-9H2,1H3,(H,18,19). The largest absolute Gasteiger partial charge is 0.334 e. The van der Waals surface area contributed by atoms with E-state index < -0.39 is 0 Å². The van der Waals surface area contributed by atoms with Crippen molar-refractivity contribution in [1.82, 2.24) is 0 Å². The van der Waals surface area contributed by atoms with Gasteiger partial charge in [0.15, 0.2) is 5.17 Å². The van der Waals surface area contributed by atoms with Crippen molar-refractivity contribution in [2.75, 3.05) is 11.1 Å². The fourth-order valence-electron chi connectivity index (χ4n) is 3.12. The van der Waals surface area contributed by atoms with E-state index in [2.05, 4.69) is 12.2 Å². The van der Waals surface area contributed by atoms with Gasteiger partial charge in [-0.15, -0.1) is 0 Å². The van der Waals surface area contributed by atoms with E-state index in [0.29, 0.717) is 10.0 Å². The third-order valence-electron chi connectivity index (χ3n) is 4.05. The molecule has 1 aliphatic heterocycles. The third-order valence-corrected chi connectivity index (χ3v) is 5.77. The van der Waals surface area contributed by atoms with Crippen molar-refractivity contribution in [3.05, 3.63) is 28.2 Å². The van der Waals surface area contributed by atoms with E-state index >= 15 is 0 Å². The van der Waals surface area contributed by atoms with Crippen LogP contribution in [0.1, 0.15) is 32.6 Å². The van der Waals surface area contributed by atoms with E-state index in [9.17, 15) is 0 Å². The average Bonchev–Trinajstić information content (AvgIpc) is 2.76. The fourth-order valence-corrected chi connectivity index (χ4v) is 4.63. The first kappa shape index (κ1) is 14.6. The molecule has 1 aromatic carbocycles. The molecule has 0 radical (unpaired) electrons. The Labute approximate surface area is 134 Å². The van der Waals surface area contributed by atoms with Crippen LogP contribution in [0.25, 0.3) is 0 Å². The number of aliphatic imine (C=N–C) groups is 1. The molecule has 108 valence electrons. The van der Waals surface area contributed by atoms with Gasteiger partial charge in [-0.25, -0.2) is 0 Å². The van der Waals surface area contributed by atoms with E-state index in [1.54, 1.807) is 17.8 Å². The summed E-state index contributed by atoms with van der Waals surface area (Å²) < 4.78 is 0. The van der Waals surface area contributed by atoms with Gasteiger partial charge >= 0.3 is 0 Å². The molecule has 0 bridgehead atoms. The molecule has 2 aliphatic rings. The topological polar surface area (TPSA) is 24.4 Å². The summed E-state index contributed by atoms with van der Waals surface area (Å²) >= 11 is 14.0. The normalized spacial score (nSPS) is 29.6. The highest BCUT2D eigenvalue weighted by Crippen LogP contribution is 2.42. The van der Waals surface area contributed by atoms with E-state index in [-0.39, 0.29) is 5.54 Å². The highest BCUT2D eigenvalue weighted by atomic mass is 35.5. The maximum atomic E-state index is 6.19. The van der Waals surface area contributed by atoms with E-state index in [1.165, 1.54) is 25.7 Å². The van der Waals surface area contributed by atoms with E-state index in [1.807, 2.05) is 12.1 Å². The number of rotatable bonds is 1. The second-order valence-corrected chi connectivity index (χ2v) is 7.69. The molecule has 1 N–H and O–H groups in total. The molecule has 1 saturated carbocycles. The zero-order valence-corrected chi connectivity index (χ0v) is 13.8. The van der Waals surface area contributed by atoms with Crippen molar-refractivity contribution in [3.8, 4) is 0 Å². The third kappa shape index (κ3) is 3.10. The quantitative estimate of drug-likeness (QED) is 0.740. The van der Waals surface area contributed by atoms with Gasteiger partial charge in [0.1, 0.15) is 0 Å². The number of anilines is 1. The van der Waals surface area contributed by atoms with Crippen LogP contribution in [0.3, 0.4) is 0 Å². The monoisotopic (exact) mass is 328 g/mol. The molecular formula is C15H18Cl2N2S. The van der Waals surface area contributed by atoms with Crippen LogP contribution in [0.5, 0.6) is 0 Å². The van der Waals surface area contributed by atoms with Gasteiger partial charge in [0.2, 0.25) is 0 Å². The molecule has 2 atom stereocenters. The molecule has 5 heteroatoms. The van der Waals surface area contributed by atoms with Gasteiger partial charge in [-0.1, -0.05) is 54.7 Å². The number of halogens is 2. The summed E-state index contributed by atoms with van der Waals surface area (Å²) in [5, 5.41) is 5.67. The lowest BCUT2D eigenvalue weighted by molar-refractivity contribution is 0.266. The van der Waals surface area contributed by atoms with E-state index in [0.717, 1.165) is 22.5 Å². The van der Waals surface area contributed by atoms with Gasteiger partial charge in [0.05, 0.1) is 16.2 Å². The summed E-state index contributed by atoms with van der Waals surface area (Å²) in [5.74, 6) is 1.86. The van der Waals surface area contributed by atoms with Crippen LogP contribution in [0.15, 0.2) is 23.2 Å². The van der Waals surface area contributed by atoms with Crippen LogP contribution in [0.4, 0.5) is 5.69 Å². The molecule has 2 unspecified atom stereocenters. The minimum Gasteiger partial charge on any atom is -0.334 e. The van der Waals surface area contributed by atoms with Gasteiger partial charge < -0.3 is 5.32 Å². The van der Waals surface area contributed by atoms with Crippen molar-refractivity contribution in [2.45, 2.75) is 38.1 Å². The van der Waals surface area contributed by atoms with Crippen LogP contribution in [0, 0.1) is 5.92 Å². The number of nitrogens with zero attached hydrogens (tertiary/aromatic N) is 1. The second kappa shape index (κ2) is 5.78. The maximum absolute atomic E-state index is 6.19. The van der Waals surface area contributed by atoms with Crippen molar-refractivity contribution in [2.24, 2.45) is 10.9 Å². The molecule has 1 spiro atoms. The lowest BCUT2D eigenvalue weighted by Crippen LogP contribution is -2.33. The maximum Gasteiger partial charge on any atom is 0.161 e. The molecule has 20 heavy (non-hydrogen) atoms. The molecule has 1 aliphatic carbocycles. The number of thioether (sulfide) groups is 1. The van der Waals surface area contributed by atoms with Gasteiger partial charge in [-0.05, 0) is 37.0 Å². The number of amidine groups is 1. The molecule has 0 amide bonds. The second-order valence-electron chi connectivity index (χ2n) is 5.88. The van der Waals surface area contributed by atoms with Crippen LogP contribution < -0.4 is 5.32 Å². The fraction of sp³-hybridized carbons (Fsp3) is 0.533. The van der Waals surface area contributed by atoms with Crippen molar-refractivity contribution < 1.29 is 0 Å². The summed E-state index contributed by atoms with van der Waals surface area (Å²) in [4.78, 5) is 4.96. The number of nitrogens with one attached hydrogen (secondary N) is 1.